The van der Waals surface area contributed by atoms with E-state index >= 15 is 0 Å². The molecule has 8 nitrogen and oxygen atoms in total. The number of rotatable bonds is 6. The lowest BCUT2D eigenvalue weighted by Gasteiger charge is -2.35. The highest BCUT2D eigenvalue weighted by molar-refractivity contribution is 5.82. The van der Waals surface area contributed by atoms with Crippen molar-refractivity contribution in [3.8, 4) is 0 Å². The third kappa shape index (κ3) is 5.94. The van der Waals surface area contributed by atoms with Gasteiger partial charge in [-0.1, -0.05) is 6.92 Å². The molecule has 0 aliphatic carbocycles. The minimum Gasteiger partial charge on any atom is -0.455 e. The summed E-state index contributed by atoms with van der Waals surface area (Å²) >= 11 is 0. The van der Waals surface area contributed by atoms with E-state index in [1.807, 2.05) is 6.92 Å². The second kappa shape index (κ2) is 10.4. The fraction of sp³-hybridized carbons (Fsp3) is 0.636. The Hall–Kier alpha value is -2.85. The summed E-state index contributed by atoms with van der Waals surface area (Å²) in [6.07, 6.45) is -0.205. The summed E-state index contributed by atoms with van der Waals surface area (Å²) in [6.45, 7) is 2.89. The summed E-state index contributed by atoms with van der Waals surface area (Å²) in [4.78, 5) is 38.8. The highest BCUT2D eigenvalue weighted by Gasteiger charge is 2.35. The molecule has 3 rings (SSSR count). The van der Waals surface area contributed by atoms with Gasteiger partial charge in [0.2, 0.25) is 0 Å². The molecule has 182 valence electrons. The topological polar surface area (TPSA) is 93.0 Å². The zero-order valence-corrected chi connectivity index (χ0v) is 18.5. The van der Waals surface area contributed by atoms with Crippen molar-refractivity contribution in [2.75, 3.05) is 31.1 Å². The van der Waals surface area contributed by atoms with Gasteiger partial charge in [-0.15, -0.1) is 0 Å². The highest BCUT2D eigenvalue weighted by atomic mass is 19.4. The number of likely N-dealkylation sites (tertiary alicyclic amines) is 1. The molecule has 0 saturated carbocycles. The van der Waals surface area contributed by atoms with Gasteiger partial charge in [0.1, 0.15) is 5.69 Å². The summed E-state index contributed by atoms with van der Waals surface area (Å²) in [7, 11) is 0. The monoisotopic (exact) mass is 471 g/mol. The quantitative estimate of drug-likeness (QED) is 0.351. The molecule has 1 atom stereocenters. The average molecular weight is 471 g/mol. The van der Waals surface area contributed by atoms with Crippen molar-refractivity contribution in [3.05, 3.63) is 33.9 Å². The SMILES string of the molecule is CCC1CCCCN1C(=O)COC(=O)C1CCN(c2ccc(C(F)(F)F)cc2[N+](=O)[O-])CC1. The molecule has 1 aromatic carbocycles. The third-order valence-corrected chi connectivity index (χ3v) is 6.43. The van der Waals surface area contributed by atoms with Gasteiger partial charge >= 0.3 is 12.1 Å². The number of carbonyl (C=O) groups excluding carboxylic acids is 2. The van der Waals surface area contributed by atoms with Crippen LogP contribution in [0.3, 0.4) is 0 Å². The van der Waals surface area contributed by atoms with Gasteiger partial charge in [0.25, 0.3) is 11.6 Å². The number of anilines is 1. The molecule has 2 heterocycles. The van der Waals surface area contributed by atoms with Gasteiger partial charge in [-0.2, -0.15) is 13.2 Å². The van der Waals surface area contributed by atoms with Crippen LogP contribution in [0.5, 0.6) is 0 Å². The lowest BCUT2D eigenvalue weighted by Crippen LogP contribution is -2.45. The van der Waals surface area contributed by atoms with Crippen molar-refractivity contribution in [3.63, 3.8) is 0 Å². The Labute approximate surface area is 189 Å². The van der Waals surface area contributed by atoms with Crippen molar-refractivity contribution in [2.24, 2.45) is 5.92 Å². The van der Waals surface area contributed by atoms with E-state index in [9.17, 15) is 32.9 Å². The lowest BCUT2D eigenvalue weighted by molar-refractivity contribution is -0.384. The number of nitrogens with zero attached hydrogens (tertiary/aromatic N) is 3. The molecule has 2 aliphatic heterocycles. The minimum absolute atomic E-state index is 0.0886. The van der Waals surface area contributed by atoms with E-state index < -0.39 is 34.2 Å². The average Bonchev–Trinajstić information content (AvgIpc) is 2.81. The van der Waals surface area contributed by atoms with Crippen LogP contribution in [-0.4, -0.2) is 54.0 Å². The predicted molar refractivity (Wildman–Crippen MR) is 114 cm³/mol. The number of hydrogen-bond acceptors (Lipinski definition) is 6. The number of piperidine rings is 2. The summed E-state index contributed by atoms with van der Waals surface area (Å²) < 4.78 is 44.0. The van der Waals surface area contributed by atoms with Crippen LogP contribution in [0.4, 0.5) is 24.5 Å². The first-order chi connectivity index (χ1) is 15.6. The smallest absolute Gasteiger partial charge is 0.416 e. The molecule has 2 aliphatic rings. The fourth-order valence-electron chi connectivity index (χ4n) is 4.56. The van der Waals surface area contributed by atoms with Crippen LogP contribution in [0, 0.1) is 16.0 Å². The van der Waals surface area contributed by atoms with E-state index in [1.54, 1.807) is 9.80 Å². The summed E-state index contributed by atoms with van der Waals surface area (Å²) in [5.74, 6) is -1.16. The number of nitro groups is 1. The van der Waals surface area contributed by atoms with Crippen molar-refractivity contribution < 1.29 is 32.4 Å². The standard InChI is InChI=1S/C22H28F3N3O5/c1-2-17-5-3-4-10-27(17)20(29)14-33-21(30)15-8-11-26(12-9-15)18-7-6-16(22(23,24)25)13-19(18)28(31)32/h6-7,13,15,17H,2-5,8-12,14H2,1H3. The van der Waals surface area contributed by atoms with Crippen molar-refractivity contribution >= 4 is 23.3 Å². The third-order valence-electron chi connectivity index (χ3n) is 6.43. The molecule has 0 spiro atoms. The predicted octanol–water partition coefficient (Wildman–Crippen LogP) is 4.16. The summed E-state index contributed by atoms with van der Waals surface area (Å²) in [6, 6.07) is 2.62. The Morgan fingerprint density at radius 2 is 1.85 bits per heavy atom. The number of ether oxygens (including phenoxy) is 1. The second-order valence-electron chi connectivity index (χ2n) is 8.47. The Morgan fingerprint density at radius 1 is 1.15 bits per heavy atom. The van der Waals surface area contributed by atoms with Crippen molar-refractivity contribution in [1.82, 2.24) is 4.90 Å². The number of hydrogen-bond donors (Lipinski definition) is 0. The minimum atomic E-state index is -4.68. The van der Waals surface area contributed by atoms with Gasteiger partial charge in [0, 0.05) is 31.7 Å². The van der Waals surface area contributed by atoms with Crippen LogP contribution >= 0.6 is 0 Å². The first kappa shape index (κ1) is 24.8. The number of alkyl halides is 3. The van der Waals surface area contributed by atoms with E-state index in [2.05, 4.69) is 0 Å². The molecular formula is C22H28F3N3O5. The Bertz CT molecular complexity index is 885. The molecule has 1 amide bonds. The Kier molecular flexibility index (Phi) is 7.80. The first-order valence-electron chi connectivity index (χ1n) is 11.2. The molecule has 1 unspecified atom stereocenters. The number of esters is 1. The molecule has 0 aromatic heterocycles. The van der Waals surface area contributed by atoms with E-state index in [-0.39, 0.29) is 37.3 Å². The van der Waals surface area contributed by atoms with Crippen molar-refractivity contribution in [1.29, 1.82) is 0 Å². The number of nitro benzene ring substituents is 1. The van der Waals surface area contributed by atoms with Crippen LogP contribution in [0.15, 0.2) is 18.2 Å². The number of halogens is 3. The van der Waals surface area contributed by atoms with Crippen LogP contribution in [0.25, 0.3) is 0 Å². The first-order valence-corrected chi connectivity index (χ1v) is 11.2. The lowest BCUT2D eigenvalue weighted by atomic mass is 9.96. The molecule has 0 radical (unpaired) electrons. The highest BCUT2D eigenvalue weighted by Crippen LogP contribution is 2.37. The zero-order chi connectivity index (χ0) is 24.2. The van der Waals surface area contributed by atoms with E-state index in [0.29, 0.717) is 25.5 Å². The van der Waals surface area contributed by atoms with E-state index in [0.717, 1.165) is 37.8 Å². The van der Waals surface area contributed by atoms with Gasteiger partial charge in [-0.3, -0.25) is 19.7 Å². The molecule has 0 N–H and O–H groups in total. The fourth-order valence-corrected chi connectivity index (χ4v) is 4.56. The number of carbonyl (C=O) groups is 2. The van der Waals surface area contributed by atoms with Crippen LogP contribution in [0.1, 0.15) is 51.0 Å². The van der Waals surface area contributed by atoms with Crippen LogP contribution in [-0.2, 0) is 20.5 Å². The molecule has 11 heteroatoms. The molecule has 2 saturated heterocycles. The van der Waals surface area contributed by atoms with Gasteiger partial charge in [0.15, 0.2) is 6.61 Å². The largest absolute Gasteiger partial charge is 0.455 e. The van der Waals surface area contributed by atoms with E-state index in [4.69, 9.17) is 4.74 Å². The Balaban J connectivity index is 1.56. The van der Waals surface area contributed by atoms with Crippen LogP contribution < -0.4 is 4.90 Å². The molecule has 0 bridgehead atoms. The van der Waals surface area contributed by atoms with Crippen LogP contribution in [0.2, 0.25) is 0 Å². The van der Waals surface area contributed by atoms with Gasteiger partial charge in [0.05, 0.1) is 16.4 Å². The number of amides is 1. The second-order valence-corrected chi connectivity index (χ2v) is 8.47. The number of benzene rings is 1. The summed E-state index contributed by atoms with van der Waals surface area (Å²) in [5, 5.41) is 11.3. The van der Waals surface area contributed by atoms with E-state index in [1.165, 1.54) is 0 Å². The van der Waals surface area contributed by atoms with Gasteiger partial charge in [-0.25, -0.2) is 0 Å². The molecule has 1 aromatic rings. The molecule has 2 fully saturated rings. The maximum Gasteiger partial charge on any atom is 0.416 e. The Morgan fingerprint density at radius 3 is 2.45 bits per heavy atom. The summed E-state index contributed by atoms with van der Waals surface area (Å²) in [5.41, 5.74) is -1.62. The molecular weight excluding hydrogens is 443 g/mol. The maximum atomic E-state index is 12.9. The van der Waals surface area contributed by atoms with Gasteiger partial charge in [-0.05, 0) is 50.7 Å². The molecule has 33 heavy (non-hydrogen) atoms. The zero-order valence-electron chi connectivity index (χ0n) is 18.5. The maximum absolute atomic E-state index is 12.9. The normalized spacial score (nSPS) is 19.9. The van der Waals surface area contributed by atoms with Gasteiger partial charge < -0.3 is 14.5 Å². The van der Waals surface area contributed by atoms with Crippen molar-refractivity contribution in [2.45, 2.75) is 57.7 Å².